The van der Waals surface area contributed by atoms with Crippen molar-refractivity contribution < 1.29 is 4.79 Å². The number of likely N-dealkylation sites (N-methyl/N-ethyl adjacent to an activating group) is 1. The number of amides is 1. The van der Waals surface area contributed by atoms with Gasteiger partial charge in [0.2, 0.25) is 5.91 Å². The second-order valence-electron chi connectivity index (χ2n) is 4.49. The van der Waals surface area contributed by atoms with E-state index < -0.39 is 0 Å². The molecule has 0 aliphatic carbocycles. The van der Waals surface area contributed by atoms with Crippen molar-refractivity contribution in [2.45, 2.75) is 26.3 Å². The lowest BCUT2D eigenvalue weighted by atomic mass is 10.2. The van der Waals surface area contributed by atoms with Crippen LogP contribution in [-0.4, -0.2) is 40.9 Å². The van der Waals surface area contributed by atoms with Gasteiger partial charge in [0.1, 0.15) is 17.3 Å². The molecule has 0 unspecified atom stereocenters. The third-order valence-corrected chi connectivity index (χ3v) is 3.41. The van der Waals surface area contributed by atoms with Crippen LogP contribution in [0.5, 0.6) is 0 Å². The summed E-state index contributed by atoms with van der Waals surface area (Å²) in [4.78, 5) is 24.0. The molecule has 0 saturated heterocycles. The molecule has 2 heterocycles. The molecular formula is C12H17ClN4O. The van der Waals surface area contributed by atoms with Crippen LogP contribution in [0.25, 0.3) is 0 Å². The van der Waals surface area contributed by atoms with Gasteiger partial charge in [0, 0.05) is 13.6 Å². The van der Waals surface area contributed by atoms with E-state index in [1.54, 1.807) is 0 Å². The van der Waals surface area contributed by atoms with Gasteiger partial charge < -0.3 is 9.80 Å². The zero-order valence-corrected chi connectivity index (χ0v) is 11.4. The Balaban J connectivity index is 2.31. The van der Waals surface area contributed by atoms with E-state index in [2.05, 4.69) is 16.9 Å². The van der Waals surface area contributed by atoms with Crippen LogP contribution in [0.4, 0.5) is 5.82 Å². The summed E-state index contributed by atoms with van der Waals surface area (Å²) in [6.07, 6.45) is 3.49. The molecule has 0 atom stereocenters. The number of aromatic nitrogens is 2. The zero-order chi connectivity index (χ0) is 13.1. The summed E-state index contributed by atoms with van der Waals surface area (Å²) in [6.45, 7) is 3.70. The minimum Gasteiger partial charge on any atom is -0.350 e. The fourth-order valence-electron chi connectivity index (χ4n) is 2.06. The van der Waals surface area contributed by atoms with E-state index in [4.69, 9.17) is 11.6 Å². The molecule has 98 valence electrons. The number of unbranched alkanes of at least 4 members (excludes halogenated alkanes) is 1. The smallest absolute Gasteiger partial charge is 0.242 e. The van der Waals surface area contributed by atoms with E-state index in [1.807, 2.05) is 16.8 Å². The van der Waals surface area contributed by atoms with Gasteiger partial charge >= 0.3 is 0 Å². The number of carbonyl (C=O) groups excluding carboxylic acids is 1. The molecule has 0 spiro atoms. The average molecular weight is 269 g/mol. The first-order chi connectivity index (χ1) is 8.63. The minimum atomic E-state index is 0.111. The topological polar surface area (TPSA) is 49.3 Å². The lowest BCUT2D eigenvalue weighted by molar-refractivity contribution is -0.130. The number of halogens is 1. The molecule has 0 radical (unpaired) electrons. The van der Waals surface area contributed by atoms with Crippen LogP contribution in [0.1, 0.15) is 25.3 Å². The lowest BCUT2D eigenvalue weighted by Gasteiger charge is -2.20. The monoisotopic (exact) mass is 268 g/mol. The third kappa shape index (κ3) is 2.56. The standard InChI is InChI=1S/C12H17ClN4O/c1-3-4-5-17-6-9-11(13)14-8-15-12(9)16(2)7-10(17)18/h8H,3-7H2,1-2H3. The van der Waals surface area contributed by atoms with Crippen molar-refractivity contribution in [2.24, 2.45) is 0 Å². The van der Waals surface area contributed by atoms with Crippen LogP contribution < -0.4 is 4.90 Å². The Morgan fingerprint density at radius 2 is 2.17 bits per heavy atom. The fourth-order valence-corrected chi connectivity index (χ4v) is 2.24. The number of fused-ring (bicyclic) bond motifs is 1. The Labute approximate surface area is 112 Å². The highest BCUT2D eigenvalue weighted by atomic mass is 35.5. The van der Waals surface area contributed by atoms with E-state index in [1.165, 1.54) is 6.33 Å². The van der Waals surface area contributed by atoms with Crippen molar-refractivity contribution in [3.8, 4) is 0 Å². The van der Waals surface area contributed by atoms with Gasteiger partial charge in [-0.25, -0.2) is 9.97 Å². The van der Waals surface area contributed by atoms with Gasteiger partial charge in [-0.05, 0) is 6.42 Å². The van der Waals surface area contributed by atoms with E-state index in [9.17, 15) is 4.79 Å². The zero-order valence-electron chi connectivity index (χ0n) is 10.7. The van der Waals surface area contributed by atoms with Crippen LogP contribution in [0.15, 0.2) is 6.33 Å². The maximum Gasteiger partial charge on any atom is 0.242 e. The van der Waals surface area contributed by atoms with E-state index >= 15 is 0 Å². The normalized spacial score (nSPS) is 15.6. The molecule has 0 saturated carbocycles. The van der Waals surface area contributed by atoms with Gasteiger partial charge in [-0.2, -0.15) is 0 Å². The molecule has 0 aromatic carbocycles. The SMILES string of the molecule is CCCCN1Cc2c(Cl)ncnc2N(C)CC1=O. The fraction of sp³-hybridized carbons (Fsp3) is 0.583. The van der Waals surface area contributed by atoms with Crippen LogP contribution >= 0.6 is 11.6 Å². The maximum atomic E-state index is 12.1. The van der Waals surface area contributed by atoms with Crippen LogP contribution in [0.2, 0.25) is 5.15 Å². The number of hydrogen-bond donors (Lipinski definition) is 0. The molecule has 1 amide bonds. The Morgan fingerprint density at radius 1 is 1.39 bits per heavy atom. The minimum absolute atomic E-state index is 0.111. The predicted molar refractivity (Wildman–Crippen MR) is 70.6 cm³/mol. The first kappa shape index (κ1) is 13.1. The number of rotatable bonds is 3. The van der Waals surface area contributed by atoms with Gasteiger partial charge in [-0.1, -0.05) is 24.9 Å². The second-order valence-corrected chi connectivity index (χ2v) is 4.85. The number of anilines is 1. The van der Waals surface area contributed by atoms with Crippen LogP contribution in [0.3, 0.4) is 0 Å². The van der Waals surface area contributed by atoms with Crippen molar-refractivity contribution in [3.05, 3.63) is 17.0 Å². The summed E-state index contributed by atoms with van der Waals surface area (Å²) in [5.74, 6) is 0.863. The molecule has 1 aromatic rings. The number of nitrogens with zero attached hydrogens (tertiary/aromatic N) is 4. The van der Waals surface area contributed by atoms with Gasteiger partial charge in [-0.3, -0.25) is 4.79 Å². The molecule has 0 bridgehead atoms. The van der Waals surface area contributed by atoms with E-state index in [-0.39, 0.29) is 5.91 Å². The summed E-state index contributed by atoms with van der Waals surface area (Å²) in [5.41, 5.74) is 0.837. The lowest BCUT2D eigenvalue weighted by Crippen LogP contribution is -2.36. The first-order valence-electron chi connectivity index (χ1n) is 6.11. The third-order valence-electron chi connectivity index (χ3n) is 3.09. The molecule has 2 rings (SSSR count). The van der Waals surface area contributed by atoms with Crippen molar-refractivity contribution in [1.29, 1.82) is 0 Å². The summed E-state index contributed by atoms with van der Waals surface area (Å²) in [5, 5.41) is 0.433. The molecule has 6 heteroatoms. The second kappa shape index (κ2) is 5.52. The largest absolute Gasteiger partial charge is 0.350 e. The molecule has 0 N–H and O–H groups in total. The van der Waals surface area contributed by atoms with Crippen molar-refractivity contribution in [3.63, 3.8) is 0 Å². The number of carbonyl (C=O) groups is 1. The van der Waals surface area contributed by atoms with Gasteiger partial charge in [0.15, 0.2) is 0 Å². The Kier molecular flexibility index (Phi) is 4.01. The summed E-state index contributed by atoms with van der Waals surface area (Å²) < 4.78 is 0. The average Bonchev–Trinajstić information content (AvgIpc) is 2.46. The maximum absolute atomic E-state index is 12.1. The van der Waals surface area contributed by atoms with E-state index in [0.717, 1.165) is 30.8 Å². The van der Waals surface area contributed by atoms with Gasteiger partial charge in [0.05, 0.1) is 18.7 Å². The molecule has 18 heavy (non-hydrogen) atoms. The summed E-state index contributed by atoms with van der Waals surface area (Å²) >= 11 is 6.11. The first-order valence-corrected chi connectivity index (χ1v) is 6.49. The van der Waals surface area contributed by atoms with Crippen molar-refractivity contribution in [1.82, 2.24) is 14.9 Å². The Hall–Kier alpha value is -1.36. The highest BCUT2D eigenvalue weighted by Crippen LogP contribution is 2.26. The number of hydrogen-bond acceptors (Lipinski definition) is 4. The van der Waals surface area contributed by atoms with Crippen LogP contribution in [-0.2, 0) is 11.3 Å². The summed E-state index contributed by atoms with van der Waals surface area (Å²) in [7, 11) is 1.85. The molecule has 5 nitrogen and oxygen atoms in total. The predicted octanol–water partition coefficient (Wildman–Crippen LogP) is 1.71. The molecule has 1 aliphatic rings. The quantitative estimate of drug-likeness (QED) is 0.783. The highest BCUT2D eigenvalue weighted by molar-refractivity contribution is 6.30. The van der Waals surface area contributed by atoms with Crippen molar-refractivity contribution in [2.75, 3.05) is 25.0 Å². The van der Waals surface area contributed by atoms with E-state index in [0.29, 0.717) is 18.2 Å². The van der Waals surface area contributed by atoms with Gasteiger partial charge in [0.25, 0.3) is 0 Å². The highest BCUT2D eigenvalue weighted by Gasteiger charge is 2.25. The molecule has 1 aromatic heterocycles. The molecular weight excluding hydrogens is 252 g/mol. The molecule has 0 fully saturated rings. The van der Waals surface area contributed by atoms with Gasteiger partial charge in [-0.15, -0.1) is 0 Å². The summed E-state index contributed by atoms with van der Waals surface area (Å²) in [6, 6.07) is 0. The van der Waals surface area contributed by atoms with Crippen LogP contribution in [0, 0.1) is 0 Å². The molecule has 1 aliphatic heterocycles. The Morgan fingerprint density at radius 3 is 2.89 bits per heavy atom. The Bertz CT molecular complexity index is 452. The van der Waals surface area contributed by atoms with Crippen molar-refractivity contribution >= 4 is 23.3 Å².